The van der Waals surface area contributed by atoms with Crippen LogP contribution in [0.2, 0.25) is 0 Å². The normalized spacial score (nSPS) is 6.06. The van der Waals surface area contributed by atoms with Gasteiger partial charge in [0.1, 0.15) is 10.9 Å². The first kappa shape index (κ1) is 57.0. The summed E-state index contributed by atoms with van der Waals surface area (Å²) in [6, 6.07) is 0. The van der Waals surface area contributed by atoms with Crippen molar-refractivity contribution in [3.63, 3.8) is 0 Å². The SMILES string of the molecule is O=C([O-])C(F)(F)F.O=[N+](O)O.[Co+3].[NH2-].[NH2-].[NH2-].[NH2-].[NH2-]. The van der Waals surface area contributed by atoms with Gasteiger partial charge in [-0.2, -0.15) is 13.2 Å². The molecule has 0 aliphatic rings. The fraction of sp³-hybridized carbons (Fsp3) is 0.500. The van der Waals surface area contributed by atoms with Crippen LogP contribution in [0, 0.1) is 4.91 Å². The Morgan fingerprint density at radius 1 is 1.00 bits per heavy atom. The first-order valence-electron chi connectivity index (χ1n) is 1.81. The fourth-order valence-electron chi connectivity index (χ4n) is 0. The molecule has 0 aliphatic heterocycles. The van der Waals surface area contributed by atoms with Gasteiger partial charge in [0.15, 0.2) is 0 Å². The second-order valence-electron chi connectivity index (χ2n) is 1.04. The molecular weight excluding hydrogens is 304 g/mol. The number of carboxylic acids is 1. The Kier molecular flexibility index (Phi) is 80.9. The molecular formula is C2H12CoF3N6O5-2. The van der Waals surface area contributed by atoms with E-state index in [0.717, 1.165) is 0 Å². The minimum Gasteiger partial charge on any atom is -0.693 e. The zero-order chi connectivity index (χ0) is 9.65. The molecule has 0 rings (SSSR count). The van der Waals surface area contributed by atoms with Gasteiger partial charge in [-0.25, -0.2) is 10.4 Å². The predicted molar refractivity (Wildman–Crippen MR) is 44.7 cm³/mol. The molecule has 17 heavy (non-hydrogen) atoms. The smallest absolute Gasteiger partial charge is 0.693 e. The summed E-state index contributed by atoms with van der Waals surface area (Å²) in [6.07, 6.45) is -5.19. The van der Waals surface area contributed by atoms with Gasteiger partial charge >= 0.3 is 28.0 Å². The molecule has 15 heteroatoms. The van der Waals surface area contributed by atoms with E-state index >= 15 is 0 Å². The van der Waals surface area contributed by atoms with E-state index in [1.54, 1.807) is 0 Å². The van der Waals surface area contributed by atoms with Crippen LogP contribution in [-0.2, 0) is 21.6 Å². The van der Waals surface area contributed by atoms with Gasteiger partial charge in [-0.3, -0.25) is 0 Å². The third kappa shape index (κ3) is 106. The van der Waals surface area contributed by atoms with E-state index in [4.69, 9.17) is 25.2 Å². The minimum atomic E-state index is -5.19. The maximum absolute atomic E-state index is 10.5. The van der Waals surface area contributed by atoms with Crippen molar-refractivity contribution < 1.29 is 55.4 Å². The summed E-state index contributed by atoms with van der Waals surface area (Å²) in [7, 11) is 0. The zero-order valence-corrected chi connectivity index (χ0v) is 8.96. The van der Waals surface area contributed by atoms with E-state index < -0.39 is 17.2 Å². The number of carbonyl (C=O) groups is 1. The molecule has 0 fully saturated rings. The molecule has 0 aromatic rings. The Morgan fingerprint density at radius 3 is 1.06 bits per heavy atom. The van der Waals surface area contributed by atoms with Gasteiger partial charge in [0.25, 0.3) is 0 Å². The van der Waals surface area contributed by atoms with Gasteiger partial charge in [-0.1, -0.05) is 0 Å². The van der Waals surface area contributed by atoms with Crippen molar-refractivity contribution in [2.75, 3.05) is 0 Å². The Morgan fingerprint density at radius 2 is 1.06 bits per heavy atom. The summed E-state index contributed by atoms with van der Waals surface area (Å²) in [6.45, 7) is 0. The van der Waals surface area contributed by atoms with Gasteiger partial charge in [0.05, 0.1) is 0 Å². The zero-order valence-electron chi connectivity index (χ0n) is 7.92. The van der Waals surface area contributed by atoms with Gasteiger partial charge in [-0.05, 0) is 0 Å². The third-order valence-electron chi connectivity index (χ3n) is 0.231. The van der Waals surface area contributed by atoms with Crippen LogP contribution in [0.4, 0.5) is 13.2 Å². The predicted octanol–water partition coefficient (Wildman–Crippen LogP) is 2.43. The van der Waals surface area contributed by atoms with Crippen LogP contribution in [0.3, 0.4) is 0 Å². The van der Waals surface area contributed by atoms with Gasteiger partial charge in [0.2, 0.25) is 0 Å². The molecule has 0 heterocycles. The Hall–Kier alpha value is -1.23. The quantitative estimate of drug-likeness (QED) is 0.634. The molecule has 0 aromatic carbocycles. The van der Waals surface area contributed by atoms with Crippen molar-refractivity contribution >= 4 is 5.97 Å². The molecule has 0 unspecified atom stereocenters. The average Bonchev–Trinajstić information content (AvgIpc) is 1.59. The number of carboxylic acid groups (broad SMARTS) is 1. The van der Waals surface area contributed by atoms with Crippen molar-refractivity contribution in [1.82, 2.24) is 0 Å². The minimum absolute atomic E-state index is 0. The first-order chi connectivity index (χ1) is 4.68. The molecule has 0 atom stereocenters. The van der Waals surface area contributed by atoms with Crippen LogP contribution in [0.1, 0.15) is 0 Å². The summed E-state index contributed by atoms with van der Waals surface area (Å²) in [5.41, 5.74) is 0. The summed E-state index contributed by atoms with van der Waals surface area (Å²) in [5.74, 6) is -3.01. The topological polar surface area (TPSA) is 268 Å². The van der Waals surface area contributed by atoms with Crippen LogP contribution in [0.5, 0.6) is 0 Å². The maximum atomic E-state index is 10.5. The van der Waals surface area contributed by atoms with E-state index in [0.29, 0.717) is 0 Å². The molecule has 0 aromatic heterocycles. The summed E-state index contributed by atoms with van der Waals surface area (Å²) in [5, 5.41) is 21.3. The van der Waals surface area contributed by atoms with E-state index in [9.17, 15) is 13.2 Å². The second kappa shape index (κ2) is 24.1. The Bertz CT molecular complexity index is 164. The van der Waals surface area contributed by atoms with E-state index in [-0.39, 0.29) is 47.5 Å². The van der Waals surface area contributed by atoms with Crippen molar-refractivity contribution in [2.45, 2.75) is 6.18 Å². The summed E-state index contributed by atoms with van der Waals surface area (Å²) in [4.78, 5) is 17.3. The molecule has 112 valence electrons. The average molecular weight is 316 g/mol. The molecule has 0 bridgehead atoms. The Balaban J connectivity index is -0.0000000125. The summed E-state index contributed by atoms with van der Waals surface area (Å²) >= 11 is 0. The number of hydrogen-bond acceptors (Lipinski definition) is 3. The van der Waals surface area contributed by atoms with Crippen molar-refractivity contribution in [3.05, 3.63) is 35.7 Å². The number of carbonyl (C=O) groups excluding carboxylic acids is 1. The van der Waals surface area contributed by atoms with Gasteiger partial charge in [0, 0.05) is 0 Å². The molecule has 0 saturated carbocycles. The number of halogens is 3. The molecule has 0 amide bonds. The van der Waals surface area contributed by atoms with E-state index in [1.807, 2.05) is 0 Å². The first-order valence-corrected chi connectivity index (χ1v) is 1.81. The van der Waals surface area contributed by atoms with Gasteiger partial charge in [-0.15, -0.1) is 0 Å². The van der Waals surface area contributed by atoms with Crippen LogP contribution in [0.15, 0.2) is 0 Å². The maximum Gasteiger partial charge on any atom is 3.00 e. The standard InChI is InChI=1S/C2HF3O2.Co.H2NO3.5H2N/c3-2(4,5)1(6)7;;2-1(3)4;;;;;/h(H,6,7);;(H2,2,3,4);5*1H2/q;+3;+1;5*-1/p-1. The molecule has 11 nitrogen and oxygen atoms in total. The number of nitrogens with two attached hydrogens (primary N) is 5. The molecule has 0 aliphatic carbocycles. The third-order valence-corrected chi connectivity index (χ3v) is 0.231. The van der Waals surface area contributed by atoms with Crippen molar-refractivity contribution in [3.8, 4) is 0 Å². The molecule has 0 saturated heterocycles. The molecule has 0 radical (unpaired) electrons. The van der Waals surface area contributed by atoms with Crippen LogP contribution >= 0.6 is 0 Å². The van der Waals surface area contributed by atoms with Gasteiger partial charge < -0.3 is 40.7 Å². The van der Waals surface area contributed by atoms with Crippen molar-refractivity contribution in [1.29, 1.82) is 0 Å². The van der Waals surface area contributed by atoms with Crippen LogP contribution in [-0.4, -0.2) is 27.6 Å². The Labute approximate surface area is 104 Å². The second-order valence-corrected chi connectivity index (χ2v) is 1.04. The largest absolute Gasteiger partial charge is 3.00 e. The van der Waals surface area contributed by atoms with Crippen molar-refractivity contribution in [2.24, 2.45) is 0 Å². The van der Waals surface area contributed by atoms with E-state index in [2.05, 4.69) is 0 Å². The number of aliphatic carboxylic acids is 1. The summed E-state index contributed by atoms with van der Waals surface area (Å²) < 4.78 is 31.5. The molecule has 0 spiro atoms. The molecule has 12 N–H and O–H groups in total. The monoisotopic (exact) mass is 316 g/mol. The number of nitrogens with zero attached hydrogens (tertiary/aromatic N) is 1. The van der Waals surface area contributed by atoms with Crippen LogP contribution < -0.4 is 5.11 Å². The van der Waals surface area contributed by atoms with Crippen LogP contribution in [0.25, 0.3) is 30.8 Å². The number of rotatable bonds is 0. The number of hydrogen-bond donors (Lipinski definition) is 2. The fourth-order valence-corrected chi connectivity index (χ4v) is 0. The van der Waals surface area contributed by atoms with E-state index in [1.165, 1.54) is 0 Å². The number of alkyl halides is 3.